The molecular formula is C18H17Cl2NO2. The van der Waals surface area contributed by atoms with Gasteiger partial charge in [-0.2, -0.15) is 0 Å². The van der Waals surface area contributed by atoms with E-state index in [1.54, 1.807) is 18.2 Å². The molecular weight excluding hydrogens is 333 g/mol. The van der Waals surface area contributed by atoms with E-state index in [4.69, 9.17) is 34.5 Å². The second-order valence-corrected chi connectivity index (χ2v) is 6.41. The largest absolute Gasteiger partial charge is 0.508 e. The number of phenols is 1. The van der Waals surface area contributed by atoms with Crippen molar-refractivity contribution in [1.82, 2.24) is 0 Å². The lowest BCUT2D eigenvalue weighted by Gasteiger charge is -2.27. The van der Waals surface area contributed by atoms with Crippen LogP contribution >= 0.6 is 23.2 Å². The summed E-state index contributed by atoms with van der Waals surface area (Å²) in [5.74, 6) is 0.913. The van der Waals surface area contributed by atoms with Gasteiger partial charge in [-0.25, -0.2) is 4.85 Å². The molecule has 1 N–H and O–H groups in total. The van der Waals surface area contributed by atoms with E-state index in [0.717, 1.165) is 11.1 Å². The molecule has 2 rings (SSSR count). The topological polar surface area (TPSA) is 33.8 Å². The highest BCUT2D eigenvalue weighted by atomic mass is 35.5. The van der Waals surface area contributed by atoms with Crippen LogP contribution in [0.4, 0.5) is 5.69 Å². The first-order chi connectivity index (χ1) is 10.9. The molecule has 23 heavy (non-hydrogen) atoms. The summed E-state index contributed by atoms with van der Waals surface area (Å²) in [6.45, 7) is 11.7. The van der Waals surface area contributed by atoms with E-state index in [1.807, 2.05) is 32.0 Å². The van der Waals surface area contributed by atoms with Crippen LogP contribution in [0.2, 0.25) is 5.02 Å². The summed E-state index contributed by atoms with van der Waals surface area (Å²) in [6, 6.07) is 10.6. The molecule has 0 fully saturated rings. The smallest absolute Gasteiger partial charge is 0.229 e. The zero-order valence-corrected chi connectivity index (χ0v) is 14.4. The highest BCUT2D eigenvalue weighted by Crippen LogP contribution is 2.42. The van der Waals surface area contributed by atoms with Gasteiger partial charge in [0.05, 0.1) is 24.1 Å². The van der Waals surface area contributed by atoms with Crippen LogP contribution in [0.3, 0.4) is 0 Å². The number of alkyl halides is 1. The van der Waals surface area contributed by atoms with E-state index in [1.165, 1.54) is 0 Å². The van der Waals surface area contributed by atoms with Gasteiger partial charge in [0.15, 0.2) is 0 Å². The number of rotatable bonds is 5. The van der Waals surface area contributed by atoms with Crippen molar-refractivity contribution in [3.05, 3.63) is 64.0 Å². The number of aromatic hydroxyl groups is 1. The minimum absolute atomic E-state index is 0.217. The van der Waals surface area contributed by atoms with Gasteiger partial charge in [0, 0.05) is 5.41 Å². The Balaban J connectivity index is 2.49. The number of nitrogens with zero attached hydrogens (tertiary/aromatic N) is 1. The average molecular weight is 350 g/mol. The first-order valence-electron chi connectivity index (χ1n) is 7.10. The number of hydrogen-bond donors (Lipinski definition) is 1. The van der Waals surface area contributed by atoms with Crippen molar-refractivity contribution in [2.75, 3.05) is 12.5 Å². The summed E-state index contributed by atoms with van der Waals surface area (Å²) in [5, 5.41) is 9.84. The molecule has 2 aromatic carbocycles. The van der Waals surface area contributed by atoms with Crippen molar-refractivity contribution in [3.8, 4) is 11.5 Å². The lowest BCUT2D eigenvalue weighted by Crippen LogP contribution is -2.18. The second-order valence-electron chi connectivity index (χ2n) is 5.63. The summed E-state index contributed by atoms with van der Waals surface area (Å²) in [4.78, 5) is 3.52. The van der Waals surface area contributed by atoms with Crippen LogP contribution in [0.25, 0.3) is 4.85 Å². The molecule has 120 valence electrons. The molecule has 5 heteroatoms. The van der Waals surface area contributed by atoms with Gasteiger partial charge >= 0.3 is 0 Å². The molecule has 0 amide bonds. The minimum atomic E-state index is -0.373. The van der Waals surface area contributed by atoms with Crippen molar-refractivity contribution in [2.24, 2.45) is 0 Å². The molecule has 0 saturated heterocycles. The predicted octanol–water partition coefficient (Wildman–Crippen LogP) is 5.54. The first-order valence-corrected chi connectivity index (χ1v) is 8.01. The van der Waals surface area contributed by atoms with Crippen LogP contribution in [0.5, 0.6) is 11.5 Å². The Morgan fingerprint density at radius 1 is 1.17 bits per heavy atom. The second kappa shape index (κ2) is 7.12. The van der Waals surface area contributed by atoms with Gasteiger partial charge < -0.3 is 9.84 Å². The molecule has 0 unspecified atom stereocenters. The van der Waals surface area contributed by atoms with Gasteiger partial charge in [0.25, 0.3) is 0 Å². The molecule has 0 heterocycles. The molecule has 0 bridgehead atoms. The fourth-order valence-corrected chi connectivity index (χ4v) is 2.70. The Hall–Kier alpha value is -1.89. The SMILES string of the molecule is [C-]#[N+]c1cc(C(C)(C)c2ccc(O)cc2)cc(Cl)c1OCCCl. The Morgan fingerprint density at radius 2 is 1.83 bits per heavy atom. The fourth-order valence-electron chi connectivity index (χ4n) is 2.35. The van der Waals surface area contributed by atoms with Gasteiger partial charge in [-0.15, -0.1) is 11.6 Å². The third-order valence-corrected chi connectivity index (χ3v) is 4.21. The van der Waals surface area contributed by atoms with Gasteiger partial charge in [0.2, 0.25) is 5.69 Å². The molecule has 0 aromatic heterocycles. The Bertz CT molecular complexity index is 734. The third-order valence-electron chi connectivity index (χ3n) is 3.78. The maximum atomic E-state index is 9.45. The van der Waals surface area contributed by atoms with Crippen LogP contribution in [-0.2, 0) is 5.41 Å². The molecule has 0 saturated carbocycles. The van der Waals surface area contributed by atoms with E-state index in [0.29, 0.717) is 28.9 Å². The number of halogens is 2. The Kier molecular flexibility index (Phi) is 5.41. The lowest BCUT2D eigenvalue weighted by atomic mass is 9.78. The molecule has 0 atom stereocenters. The maximum absolute atomic E-state index is 9.45. The summed E-state index contributed by atoms with van der Waals surface area (Å²) < 4.78 is 5.49. The van der Waals surface area contributed by atoms with Crippen molar-refractivity contribution in [1.29, 1.82) is 0 Å². The highest BCUT2D eigenvalue weighted by Gasteiger charge is 2.25. The van der Waals surface area contributed by atoms with Gasteiger partial charge in [-0.05, 0) is 35.4 Å². The number of hydrogen-bond acceptors (Lipinski definition) is 2. The summed E-state index contributed by atoms with van der Waals surface area (Å²) in [5.41, 5.74) is 1.90. The maximum Gasteiger partial charge on any atom is 0.229 e. The standard InChI is InChI=1S/C18H17Cl2NO2/c1-18(2,12-4-6-14(22)7-5-12)13-10-15(20)17(23-9-8-19)16(11-13)21-3/h4-7,10-11,22H,8-9H2,1-2H3. The van der Waals surface area contributed by atoms with Crippen molar-refractivity contribution < 1.29 is 9.84 Å². The number of phenolic OH excluding ortho intramolecular Hbond substituents is 1. The van der Waals surface area contributed by atoms with Crippen LogP contribution in [-0.4, -0.2) is 17.6 Å². The zero-order chi connectivity index (χ0) is 17.0. The van der Waals surface area contributed by atoms with Crippen LogP contribution in [0.1, 0.15) is 25.0 Å². The lowest BCUT2D eigenvalue weighted by molar-refractivity contribution is 0.345. The van der Waals surface area contributed by atoms with Crippen LogP contribution < -0.4 is 4.74 Å². The van der Waals surface area contributed by atoms with Crippen LogP contribution in [0.15, 0.2) is 36.4 Å². The molecule has 2 aromatic rings. The molecule has 3 nitrogen and oxygen atoms in total. The third kappa shape index (κ3) is 3.72. The summed E-state index contributed by atoms with van der Waals surface area (Å²) in [6.07, 6.45) is 0. The summed E-state index contributed by atoms with van der Waals surface area (Å²) in [7, 11) is 0. The van der Waals surface area contributed by atoms with E-state index in [-0.39, 0.29) is 11.2 Å². The molecule has 0 radical (unpaired) electrons. The van der Waals surface area contributed by atoms with E-state index in [9.17, 15) is 5.11 Å². The van der Waals surface area contributed by atoms with Gasteiger partial charge in [-0.1, -0.05) is 37.6 Å². The van der Waals surface area contributed by atoms with Gasteiger partial charge in [-0.3, -0.25) is 0 Å². The molecule has 0 aliphatic rings. The molecule has 0 spiro atoms. The van der Waals surface area contributed by atoms with Crippen LogP contribution in [0, 0.1) is 6.57 Å². The highest BCUT2D eigenvalue weighted by molar-refractivity contribution is 6.32. The van der Waals surface area contributed by atoms with Gasteiger partial charge in [0.1, 0.15) is 11.5 Å². The first kappa shape index (κ1) is 17.5. The fraction of sp³-hybridized carbons (Fsp3) is 0.278. The zero-order valence-electron chi connectivity index (χ0n) is 12.9. The Labute approximate surface area is 146 Å². The number of ether oxygens (including phenoxy) is 1. The van der Waals surface area contributed by atoms with E-state index < -0.39 is 0 Å². The van der Waals surface area contributed by atoms with Crippen molar-refractivity contribution >= 4 is 28.9 Å². The normalized spacial score (nSPS) is 11.1. The monoisotopic (exact) mass is 349 g/mol. The average Bonchev–Trinajstić information content (AvgIpc) is 2.53. The molecule has 0 aliphatic carbocycles. The van der Waals surface area contributed by atoms with E-state index >= 15 is 0 Å². The van der Waals surface area contributed by atoms with Crippen molar-refractivity contribution in [2.45, 2.75) is 19.3 Å². The van der Waals surface area contributed by atoms with Crippen molar-refractivity contribution in [3.63, 3.8) is 0 Å². The quantitative estimate of drug-likeness (QED) is 0.567. The van der Waals surface area contributed by atoms with E-state index in [2.05, 4.69) is 4.85 Å². The summed E-state index contributed by atoms with van der Waals surface area (Å²) >= 11 is 11.9. The Morgan fingerprint density at radius 3 is 2.39 bits per heavy atom. The number of benzene rings is 2. The molecule has 0 aliphatic heterocycles. The minimum Gasteiger partial charge on any atom is -0.508 e. The predicted molar refractivity (Wildman–Crippen MR) is 94.2 cm³/mol.